The average molecular weight is 248 g/mol. The molecule has 1 fully saturated rings. The van der Waals surface area contributed by atoms with Crippen LogP contribution in [0.1, 0.15) is 44.3 Å². The molecular formula is C15H20O3. The molecule has 98 valence electrons. The maximum atomic E-state index is 10.3. The van der Waals surface area contributed by atoms with Gasteiger partial charge in [-0.1, -0.05) is 12.8 Å². The van der Waals surface area contributed by atoms with Crippen molar-refractivity contribution in [2.75, 3.05) is 7.11 Å². The molecule has 3 heteroatoms. The summed E-state index contributed by atoms with van der Waals surface area (Å²) in [5.41, 5.74) is 0.630. The first-order valence-electron chi connectivity index (χ1n) is 6.65. The zero-order valence-corrected chi connectivity index (χ0v) is 11.0. The summed E-state index contributed by atoms with van der Waals surface area (Å²) >= 11 is 0. The van der Waals surface area contributed by atoms with Gasteiger partial charge in [-0.25, -0.2) is 0 Å². The van der Waals surface area contributed by atoms with Crippen LogP contribution in [0.3, 0.4) is 0 Å². The van der Waals surface area contributed by atoms with Crippen molar-refractivity contribution in [3.8, 4) is 11.5 Å². The van der Waals surface area contributed by atoms with Gasteiger partial charge in [0.2, 0.25) is 0 Å². The van der Waals surface area contributed by atoms with Crippen LogP contribution in [-0.2, 0) is 0 Å². The van der Waals surface area contributed by atoms with E-state index in [0.717, 1.165) is 29.4 Å². The number of rotatable bonds is 3. The maximum Gasteiger partial charge on any atom is 0.126 e. The van der Waals surface area contributed by atoms with Crippen molar-refractivity contribution in [2.45, 2.75) is 44.3 Å². The van der Waals surface area contributed by atoms with Crippen molar-refractivity contribution in [2.24, 2.45) is 5.92 Å². The van der Waals surface area contributed by atoms with Crippen LogP contribution >= 0.6 is 0 Å². The second kappa shape index (κ2) is 4.16. The lowest BCUT2D eigenvalue weighted by Crippen LogP contribution is -2.38. The zero-order chi connectivity index (χ0) is 12.8. The molecule has 0 spiro atoms. The van der Waals surface area contributed by atoms with Crippen molar-refractivity contribution in [1.82, 2.24) is 0 Å². The quantitative estimate of drug-likeness (QED) is 0.893. The summed E-state index contributed by atoms with van der Waals surface area (Å²) in [6, 6.07) is 5.66. The largest absolute Gasteiger partial charge is 0.497 e. The van der Waals surface area contributed by atoms with E-state index < -0.39 is 6.10 Å². The number of hydrogen-bond acceptors (Lipinski definition) is 3. The molecule has 1 heterocycles. The summed E-state index contributed by atoms with van der Waals surface area (Å²) in [4.78, 5) is 0. The lowest BCUT2D eigenvalue weighted by atomic mass is 9.86. The molecule has 3 nitrogen and oxygen atoms in total. The fourth-order valence-corrected chi connectivity index (χ4v) is 2.89. The van der Waals surface area contributed by atoms with Crippen LogP contribution < -0.4 is 9.47 Å². The predicted molar refractivity (Wildman–Crippen MR) is 68.9 cm³/mol. The van der Waals surface area contributed by atoms with Gasteiger partial charge in [0, 0.05) is 12.0 Å². The number of methoxy groups -OCH3 is 1. The van der Waals surface area contributed by atoms with Gasteiger partial charge < -0.3 is 14.6 Å². The van der Waals surface area contributed by atoms with E-state index in [0.29, 0.717) is 6.42 Å². The Morgan fingerprint density at radius 3 is 2.89 bits per heavy atom. The molecule has 1 unspecified atom stereocenters. The molecule has 0 bridgehead atoms. The first-order chi connectivity index (χ1) is 8.59. The van der Waals surface area contributed by atoms with Gasteiger partial charge in [-0.05, 0) is 37.5 Å². The van der Waals surface area contributed by atoms with Gasteiger partial charge in [-0.15, -0.1) is 0 Å². The molecule has 1 aromatic rings. The Kier molecular flexibility index (Phi) is 2.74. The fraction of sp³-hybridized carbons (Fsp3) is 0.600. The number of ether oxygens (including phenoxy) is 2. The summed E-state index contributed by atoms with van der Waals surface area (Å²) in [7, 11) is 1.63. The van der Waals surface area contributed by atoms with E-state index in [9.17, 15) is 5.11 Å². The average Bonchev–Trinajstić information content (AvgIpc) is 3.12. The van der Waals surface area contributed by atoms with E-state index in [4.69, 9.17) is 9.47 Å². The Morgan fingerprint density at radius 1 is 1.44 bits per heavy atom. The van der Waals surface area contributed by atoms with Gasteiger partial charge in [-0.3, -0.25) is 0 Å². The Labute approximate surface area is 108 Å². The molecule has 0 aromatic heterocycles. The van der Waals surface area contributed by atoms with E-state index in [1.165, 1.54) is 12.8 Å². The first kappa shape index (κ1) is 11.8. The monoisotopic (exact) mass is 248 g/mol. The summed E-state index contributed by atoms with van der Waals surface area (Å²) in [5.74, 6) is 2.36. The smallest absolute Gasteiger partial charge is 0.126 e. The van der Waals surface area contributed by atoms with Gasteiger partial charge in [0.25, 0.3) is 0 Å². The van der Waals surface area contributed by atoms with Crippen molar-refractivity contribution in [3.05, 3.63) is 23.8 Å². The van der Waals surface area contributed by atoms with Crippen LogP contribution in [0, 0.1) is 5.92 Å². The normalized spacial score (nSPS) is 30.5. The topological polar surface area (TPSA) is 38.7 Å². The van der Waals surface area contributed by atoms with Crippen LogP contribution in [0.2, 0.25) is 0 Å². The third kappa shape index (κ3) is 2.19. The third-order valence-corrected chi connectivity index (χ3v) is 3.97. The van der Waals surface area contributed by atoms with Gasteiger partial charge >= 0.3 is 0 Å². The van der Waals surface area contributed by atoms with Crippen LogP contribution in [0.5, 0.6) is 11.5 Å². The standard InChI is InChI=1S/C15H20O3/c1-15(8-10-3-4-10)9-13(16)12-7-11(17-2)5-6-14(12)18-15/h5-7,10,13,16H,3-4,8-9H2,1-2H3/t13-,15?/m0/s1. The van der Waals surface area contributed by atoms with Crippen LogP contribution in [0.4, 0.5) is 0 Å². The van der Waals surface area contributed by atoms with E-state index >= 15 is 0 Å². The predicted octanol–water partition coefficient (Wildman–Crippen LogP) is 3.07. The summed E-state index contributed by atoms with van der Waals surface area (Å²) in [6.45, 7) is 2.11. The van der Waals surface area contributed by atoms with E-state index in [1.54, 1.807) is 7.11 Å². The minimum atomic E-state index is -0.451. The van der Waals surface area contributed by atoms with Gasteiger partial charge in [-0.2, -0.15) is 0 Å². The molecule has 2 aliphatic rings. The number of benzene rings is 1. The lowest BCUT2D eigenvalue weighted by Gasteiger charge is -2.38. The van der Waals surface area contributed by atoms with Crippen LogP contribution in [0.25, 0.3) is 0 Å². The number of hydrogen-bond donors (Lipinski definition) is 1. The molecule has 1 aliphatic heterocycles. The first-order valence-corrected chi connectivity index (χ1v) is 6.65. The number of aliphatic hydroxyl groups is 1. The fourth-order valence-electron chi connectivity index (χ4n) is 2.89. The molecule has 0 radical (unpaired) electrons. The van der Waals surface area contributed by atoms with Crippen LogP contribution in [-0.4, -0.2) is 17.8 Å². The van der Waals surface area contributed by atoms with Gasteiger partial charge in [0.1, 0.15) is 17.1 Å². The Balaban J connectivity index is 1.87. The molecule has 0 amide bonds. The van der Waals surface area contributed by atoms with E-state index in [-0.39, 0.29) is 5.60 Å². The Morgan fingerprint density at radius 2 is 2.22 bits per heavy atom. The third-order valence-electron chi connectivity index (χ3n) is 3.97. The molecule has 3 rings (SSSR count). The molecule has 18 heavy (non-hydrogen) atoms. The second-order valence-electron chi connectivity index (χ2n) is 5.82. The van der Waals surface area contributed by atoms with Crippen molar-refractivity contribution < 1.29 is 14.6 Å². The highest BCUT2D eigenvalue weighted by Gasteiger charge is 2.40. The zero-order valence-electron chi connectivity index (χ0n) is 11.0. The van der Waals surface area contributed by atoms with Crippen molar-refractivity contribution in [1.29, 1.82) is 0 Å². The molecule has 1 aliphatic carbocycles. The summed E-state index contributed by atoms with van der Waals surface area (Å²) < 4.78 is 11.3. The van der Waals surface area contributed by atoms with Gasteiger partial charge in [0.15, 0.2) is 0 Å². The van der Waals surface area contributed by atoms with E-state index in [2.05, 4.69) is 6.92 Å². The summed E-state index contributed by atoms with van der Waals surface area (Å²) in [5, 5.41) is 10.3. The Bertz CT molecular complexity index is 453. The van der Waals surface area contributed by atoms with Crippen molar-refractivity contribution >= 4 is 0 Å². The minimum absolute atomic E-state index is 0.220. The lowest BCUT2D eigenvalue weighted by molar-refractivity contribution is -0.0106. The molecule has 1 N–H and O–H groups in total. The SMILES string of the molecule is COc1ccc2c(c1)[C@@H](O)CC(C)(CC1CC1)O2. The van der Waals surface area contributed by atoms with Gasteiger partial charge in [0.05, 0.1) is 13.2 Å². The summed E-state index contributed by atoms with van der Waals surface area (Å²) in [6.07, 6.45) is 3.89. The Hall–Kier alpha value is -1.22. The molecule has 1 saturated carbocycles. The molecule has 1 aromatic carbocycles. The van der Waals surface area contributed by atoms with Crippen molar-refractivity contribution in [3.63, 3.8) is 0 Å². The minimum Gasteiger partial charge on any atom is -0.497 e. The second-order valence-corrected chi connectivity index (χ2v) is 5.82. The highest BCUT2D eigenvalue weighted by molar-refractivity contribution is 5.43. The molecule has 2 atom stereocenters. The maximum absolute atomic E-state index is 10.3. The highest BCUT2D eigenvalue weighted by atomic mass is 16.5. The highest BCUT2D eigenvalue weighted by Crippen LogP contribution is 2.46. The van der Waals surface area contributed by atoms with E-state index in [1.807, 2.05) is 18.2 Å². The molecular weight excluding hydrogens is 228 g/mol. The molecule has 0 saturated heterocycles. The number of fused-ring (bicyclic) bond motifs is 1. The van der Waals surface area contributed by atoms with Crippen LogP contribution in [0.15, 0.2) is 18.2 Å². The number of aliphatic hydroxyl groups excluding tert-OH is 1.